The van der Waals surface area contributed by atoms with Gasteiger partial charge in [0.05, 0.1) is 0 Å². The predicted octanol–water partition coefficient (Wildman–Crippen LogP) is 11.0. The molecule has 9 rings (SSSR count). The van der Waals surface area contributed by atoms with Gasteiger partial charge in [-0.15, -0.1) is 0 Å². The molecular weight excluding hydrogens is 472 g/mol. The minimum atomic E-state index is 0.946. The van der Waals surface area contributed by atoms with Gasteiger partial charge in [-0.3, -0.25) is 0 Å². The molecule has 0 unspecified atom stereocenters. The largest absolute Gasteiger partial charge is 0.456 e. The molecular formula is C38H22O. The van der Waals surface area contributed by atoms with Crippen LogP contribution in [0.2, 0.25) is 0 Å². The van der Waals surface area contributed by atoms with Crippen molar-refractivity contribution in [3.8, 4) is 22.3 Å². The van der Waals surface area contributed by atoms with Gasteiger partial charge in [0.2, 0.25) is 0 Å². The van der Waals surface area contributed by atoms with Crippen molar-refractivity contribution in [1.29, 1.82) is 0 Å². The molecule has 0 aliphatic carbocycles. The molecule has 0 N–H and O–H groups in total. The van der Waals surface area contributed by atoms with E-state index in [4.69, 9.17) is 4.42 Å². The Morgan fingerprint density at radius 2 is 0.923 bits per heavy atom. The lowest BCUT2D eigenvalue weighted by Gasteiger charge is -2.19. The molecule has 0 spiro atoms. The molecule has 39 heavy (non-hydrogen) atoms. The lowest BCUT2D eigenvalue weighted by molar-refractivity contribution is 0.669. The maximum Gasteiger partial charge on any atom is 0.136 e. The van der Waals surface area contributed by atoms with Crippen molar-refractivity contribution >= 4 is 65.0 Å². The van der Waals surface area contributed by atoms with E-state index in [2.05, 4.69) is 133 Å². The summed E-state index contributed by atoms with van der Waals surface area (Å²) in [5.74, 6) is 0. The molecule has 1 nitrogen and oxygen atoms in total. The highest BCUT2D eigenvalue weighted by Gasteiger charge is 2.21. The second kappa shape index (κ2) is 7.69. The Labute approximate surface area is 224 Å². The second-order valence-electron chi connectivity index (χ2n) is 10.5. The summed E-state index contributed by atoms with van der Waals surface area (Å²) in [4.78, 5) is 0. The minimum Gasteiger partial charge on any atom is -0.456 e. The Hall–Kier alpha value is -5.14. The van der Waals surface area contributed by atoms with E-state index in [1.807, 2.05) is 0 Å². The number of rotatable bonds is 2. The third kappa shape index (κ3) is 2.85. The van der Waals surface area contributed by atoms with E-state index in [-0.39, 0.29) is 0 Å². The lowest BCUT2D eigenvalue weighted by atomic mass is 9.83. The SMILES string of the molecule is c1ccc2cc(-c3c4ccccc4c(-c4cc5cccc6oc7cccc4c7c56)c4ccccc34)ccc2c1. The summed E-state index contributed by atoms with van der Waals surface area (Å²) in [6.07, 6.45) is 0. The Kier molecular flexibility index (Phi) is 4.11. The monoisotopic (exact) mass is 494 g/mol. The number of furan rings is 1. The van der Waals surface area contributed by atoms with Gasteiger partial charge in [-0.25, -0.2) is 0 Å². The van der Waals surface area contributed by atoms with Gasteiger partial charge in [0.25, 0.3) is 0 Å². The molecule has 0 radical (unpaired) electrons. The van der Waals surface area contributed by atoms with Crippen LogP contribution in [0.25, 0.3) is 87.3 Å². The summed E-state index contributed by atoms with van der Waals surface area (Å²) in [5, 5.41) is 12.5. The quantitative estimate of drug-likeness (QED) is 0.172. The molecule has 0 saturated carbocycles. The third-order valence-corrected chi connectivity index (χ3v) is 8.38. The van der Waals surface area contributed by atoms with Crippen LogP contribution in [-0.2, 0) is 0 Å². The van der Waals surface area contributed by atoms with Gasteiger partial charge < -0.3 is 4.42 Å². The molecule has 0 bridgehead atoms. The highest BCUT2D eigenvalue weighted by atomic mass is 16.3. The standard InChI is InChI=1S/C38H22O/c1-2-10-24-21-26(20-19-23(24)9-1)35-27-12-3-5-14-29(27)37(30-15-6-4-13-28(30)35)32-22-25-11-7-17-33-36(25)38-31(32)16-8-18-34(38)39-33/h1-22H. The van der Waals surface area contributed by atoms with Crippen LogP contribution in [-0.4, -0.2) is 0 Å². The van der Waals surface area contributed by atoms with Gasteiger partial charge in [-0.1, -0.05) is 109 Å². The van der Waals surface area contributed by atoms with Gasteiger partial charge >= 0.3 is 0 Å². The van der Waals surface area contributed by atoms with Crippen molar-refractivity contribution in [3.05, 3.63) is 133 Å². The second-order valence-corrected chi connectivity index (χ2v) is 10.5. The first kappa shape index (κ1) is 20.9. The summed E-state index contributed by atoms with van der Waals surface area (Å²) < 4.78 is 6.29. The van der Waals surface area contributed by atoms with Gasteiger partial charge in [-0.2, -0.15) is 0 Å². The first-order valence-electron chi connectivity index (χ1n) is 13.4. The van der Waals surface area contributed by atoms with Crippen LogP contribution in [0.1, 0.15) is 0 Å². The minimum absolute atomic E-state index is 0.946. The first-order chi connectivity index (χ1) is 19.3. The Morgan fingerprint density at radius 1 is 0.359 bits per heavy atom. The molecule has 1 heteroatoms. The molecule has 180 valence electrons. The molecule has 0 aliphatic heterocycles. The fraction of sp³-hybridized carbons (Fsp3) is 0. The molecule has 0 amide bonds. The van der Waals surface area contributed by atoms with Crippen LogP contribution in [0.5, 0.6) is 0 Å². The number of hydrogen-bond acceptors (Lipinski definition) is 1. The number of benzene rings is 8. The molecule has 1 heterocycles. The predicted molar refractivity (Wildman–Crippen MR) is 166 cm³/mol. The molecule has 9 aromatic rings. The zero-order chi connectivity index (χ0) is 25.5. The maximum absolute atomic E-state index is 6.29. The summed E-state index contributed by atoms with van der Waals surface area (Å²) in [6.45, 7) is 0. The fourth-order valence-corrected chi connectivity index (χ4v) is 6.75. The Morgan fingerprint density at radius 3 is 1.67 bits per heavy atom. The summed E-state index contributed by atoms with van der Waals surface area (Å²) in [5.41, 5.74) is 6.96. The Balaban J connectivity index is 1.47. The van der Waals surface area contributed by atoms with Gasteiger partial charge in [0.1, 0.15) is 11.2 Å². The molecule has 1 aromatic heterocycles. The van der Waals surface area contributed by atoms with Crippen molar-refractivity contribution in [3.63, 3.8) is 0 Å². The van der Waals surface area contributed by atoms with E-state index in [0.29, 0.717) is 0 Å². The summed E-state index contributed by atoms with van der Waals surface area (Å²) in [6, 6.07) is 48.4. The molecule has 0 fully saturated rings. The summed E-state index contributed by atoms with van der Waals surface area (Å²) >= 11 is 0. The van der Waals surface area contributed by atoms with Crippen LogP contribution in [0.3, 0.4) is 0 Å². The zero-order valence-electron chi connectivity index (χ0n) is 21.1. The Bertz CT molecular complexity index is 2330. The highest BCUT2D eigenvalue weighted by Crippen LogP contribution is 2.48. The van der Waals surface area contributed by atoms with Crippen molar-refractivity contribution in [2.24, 2.45) is 0 Å². The van der Waals surface area contributed by atoms with Crippen molar-refractivity contribution in [2.75, 3.05) is 0 Å². The first-order valence-corrected chi connectivity index (χ1v) is 13.4. The third-order valence-electron chi connectivity index (χ3n) is 8.38. The molecule has 8 aromatic carbocycles. The zero-order valence-corrected chi connectivity index (χ0v) is 21.1. The van der Waals surface area contributed by atoms with Crippen molar-refractivity contribution < 1.29 is 4.42 Å². The van der Waals surface area contributed by atoms with E-state index < -0.39 is 0 Å². The normalized spacial score (nSPS) is 12.1. The fourth-order valence-electron chi connectivity index (χ4n) is 6.75. The smallest absolute Gasteiger partial charge is 0.136 e. The van der Waals surface area contributed by atoms with Gasteiger partial charge in [0.15, 0.2) is 0 Å². The van der Waals surface area contributed by atoms with Crippen LogP contribution >= 0.6 is 0 Å². The molecule has 0 saturated heterocycles. The van der Waals surface area contributed by atoms with Crippen molar-refractivity contribution in [1.82, 2.24) is 0 Å². The van der Waals surface area contributed by atoms with E-state index in [0.717, 1.165) is 11.2 Å². The van der Waals surface area contributed by atoms with E-state index in [1.54, 1.807) is 0 Å². The maximum atomic E-state index is 6.29. The van der Waals surface area contributed by atoms with Gasteiger partial charge in [0, 0.05) is 10.8 Å². The van der Waals surface area contributed by atoms with E-state index in [9.17, 15) is 0 Å². The topological polar surface area (TPSA) is 13.1 Å². The lowest BCUT2D eigenvalue weighted by Crippen LogP contribution is -1.92. The molecule has 0 aliphatic rings. The van der Waals surface area contributed by atoms with E-state index >= 15 is 0 Å². The van der Waals surface area contributed by atoms with Crippen LogP contribution in [0, 0.1) is 0 Å². The highest BCUT2D eigenvalue weighted by molar-refractivity contribution is 6.29. The van der Waals surface area contributed by atoms with Crippen molar-refractivity contribution in [2.45, 2.75) is 0 Å². The average molecular weight is 495 g/mol. The average Bonchev–Trinajstić information content (AvgIpc) is 3.38. The van der Waals surface area contributed by atoms with Crippen LogP contribution < -0.4 is 0 Å². The summed E-state index contributed by atoms with van der Waals surface area (Å²) in [7, 11) is 0. The number of hydrogen-bond donors (Lipinski definition) is 0. The number of fused-ring (bicyclic) bond motifs is 3. The van der Waals surface area contributed by atoms with Gasteiger partial charge in [-0.05, 0) is 89.6 Å². The van der Waals surface area contributed by atoms with Crippen LogP contribution in [0.4, 0.5) is 0 Å². The van der Waals surface area contributed by atoms with Crippen LogP contribution in [0.15, 0.2) is 138 Å². The van der Waals surface area contributed by atoms with E-state index in [1.165, 1.54) is 76.1 Å². The molecule has 0 atom stereocenters.